The van der Waals surface area contributed by atoms with Crippen molar-refractivity contribution in [2.75, 3.05) is 18.8 Å². The molecule has 2 heterocycles. The molecule has 0 N–H and O–H groups in total. The van der Waals surface area contributed by atoms with E-state index in [-0.39, 0.29) is 0 Å². The summed E-state index contributed by atoms with van der Waals surface area (Å²) in [6.45, 7) is 7.81. The van der Waals surface area contributed by atoms with Crippen molar-refractivity contribution in [3.63, 3.8) is 0 Å². The first kappa shape index (κ1) is 15.4. The third-order valence-electron chi connectivity index (χ3n) is 3.98. The molecule has 0 amide bonds. The minimum atomic E-state index is -0.930. The Morgan fingerprint density at radius 2 is 1.95 bits per heavy atom. The summed E-state index contributed by atoms with van der Waals surface area (Å²) in [4.78, 5) is 3.22. The van der Waals surface area contributed by atoms with Crippen molar-refractivity contribution in [3.8, 4) is 0 Å². The topological polar surface area (TPSA) is 51.0 Å². The van der Waals surface area contributed by atoms with Crippen LogP contribution in [0.15, 0.2) is 35.2 Å². The molecule has 2 aromatic rings. The monoisotopic (exact) mass is 318 g/mol. The molecule has 5 nitrogen and oxygen atoms in total. The number of nitrogens with zero attached hydrogens (tertiary/aromatic N) is 4. The molecule has 0 fully saturated rings. The van der Waals surface area contributed by atoms with Gasteiger partial charge in [0, 0.05) is 36.2 Å². The molecule has 6 heteroatoms. The molecule has 3 rings (SSSR count). The fourth-order valence-electron chi connectivity index (χ4n) is 2.75. The average molecular weight is 318 g/mol. The van der Waals surface area contributed by atoms with Gasteiger partial charge >= 0.3 is 0 Å². The van der Waals surface area contributed by atoms with E-state index in [2.05, 4.69) is 33.5 Å². The highest BCUT2D eigenvalue weighted by Crippen LogP contribution is 2.18. The molecule has 0 bridgehead atoms. The summed E-state index contributed by atoms with van der Waals surface area (Å²) in [6, 6.07) is 9.67. The van der Waals surface area contributed by atoms with Gasteiger partial charge in [0.2, 0.25) is 0 Å². The number of rotatable bonds is 5. The second kappa shape index (κ2) is 6.71. The predicted molar refractivity (Wildman–Crippen MR) is 87.1 cm³/mol. The van der Waals surface area contributed by atoms with E-state index in [4.69, 9.17) is 0 Å². The van der Waals surface area contributed by atoms with Crippen molar-refractivity contribution >= 4 is 10.8 Å². The van der Waals surface area contributed by atoms with E-state index in [1.807, 2.05) is 30.3 Å². The van der Waals surface area contributed by atoms with Crippen LogP contribution in [0.2, 0.25) is 0 Å². The maximum absolute atomic E-state index is 12.3. The Labute approximate surface area is 133 Å². The Morgan fingerprint density at radius 1 is 1.18 bits per heavy atom. The lowest BCUT2D eigenvalue weighted by molar-refractivity contribution is 0.227. The van der Waals surface area contributed by atoms with Crippen LogP contribution in [0.5, 0.6) is 0 Å². The second-order valence-electron chi connectivity index (χ2n) is 5.92. The maximum Gasteiger partial charge on any atom is 0.147 e. The van der Waals surface area contributed by atoms with Crippen LogP contribution in [-0.2, 0) is 23.9 Å². The molecule has 0 spiro atoms. The van der Waals surface area contributed by atoms with Crippen molar-refractivity contribution in [1.29, 1.82) is 0 Å². The third-order valence-corrected chi connectivity index (χ3v) is 5.33. The van der Waals surface area contributed by atoms with Crippen molar-refractivity contribution in [1.82, 2.24) is 19.7 Å². The van der Waals surface area contributed by atoms with Gasteiger partial charge in [-0.3, -0.25) is 9.11 Å². The van der Waals surface area contributed by atoms with Gasteiger partial charge in [0.25, 0.3) is 0 Å². The lowest BCUT2D eigenvalue weighted by Crippen LogP contribution is -2.36. The first-order valence-corrected chi connectivity index (χ1v) is 9.05. The van der Waals surface area contributed by atoms with Crippen LogP contribution in [0.25, 0.3) is 0 Å². The van der Waals surface area contributed by atoms with Crippen molar-refractivity contribution < 1.29 is 4.21 Å². The van der Waals surface area contributed by atoms with Gasteiger partial charge in [-0.05, 0) is 12.1 Å². The van der Waals surface area contributed by atoms with E-state index >= 15 is 0 Å². The van der Waals surface area contributed by atoms with E-state index in [1.54, 1.807) is 0 Å². The Bertz CT molecular complexity index is 653. The first-order chi connectivity index (χ1) is 10.6. The zero-order valence-electron chi connectivity index (χ0n) is 13.1. The van der Waals surface area contributed by atoms with Crippen LogP contribution in [0, 0.1) is 0 Å². The minimum Gasteiger partial charge on any atom is -0.312 e. The van der Waals surface area contributed by atoms with Gasteiger partial charge < -0.3 is 4.57 Å². The molecule has 1 atom stereocenters. The van der Waals surface area contributed by atoms with Gasteiger partial charge in [-0.15, -0.1) is 10.2 Å². The summed E-state index contributed by atoms with van der Waals surface area (Å²) in [6.07, 6.45) is 0. The Hall–Kier alpha value is -1.53. The molecule has 0 radical (unpaired) electrons. The largest absolute Gasteiger partial charge is 0.312 e. The summed E-state index contributed by atoms with van der Waals surface area (Å²) < 4.78 is 14.5. The van der Waals surface area contributed by atoms with Gasteiger partial charge in [-0.2, -0.15) is 0 Å². The van der Waals surface area contributed by atoms with E-state index < -0.39 is 10.8 Å². The molecule has 1 aliphatic heterocycles. The summed E-state index contributed by atoms with van der Waals surface area (Å²) in [7, 11) is -0.930. The van der Waals surface area contributed by atoms with Crippen LogP contribution in [0.3, 0.4) is 0 Å². The molecular weight excluding hydrogens is 296 g/mol. The number of hydrogen-bond acceptors (Lipinski definition) is 4. The number of aromatic nitrogens is 3. The fraction of sp³-hybridized carbons (Fsp3) is 0.500. The summed E-state index contributed by atoms with van der Waals surface area (Å²) in [5.41, 5.74) is 0. The predicted octanol–water partition coefficient (Wildman–Crippen LogP) is 2.02. The summed E-state index contributed by atoms with van der Waals surface area (Å²) in [5, 5.41) is 8.61. The molecule has 1 aromatic heterocycles. The van der Waals surface area contributed by atoms with E-state index in [9.17, 15) is 4.21 Å². The molecule has 0 saturated carbocycles. The van der Waals surface area contributed by atoms with Crippen LogP contribution >= 0.6 is 0 Å². The highest BCUT2D eigenvalue weighted by atomic mass is 32.2. The molecule has 0 saturated heterocycles. The lowest BCUT2D eigenvalue weighted by atomic mass is 10.2. The number of fused-ring (bicyclic) bond motifs is 1. The molecule has 0 aliphatic carbocycles. The minimum absolute atomic E-state index is 0.401. The van der Waals surface area contributed by atoms with E-state index in [0.29, 0.717) is 11.7 Å². The highest BCUT2D eigenvalue weighted by molar-refractivity contribution is 7.85. The summed E-state index contributed by atoms with van der Waals surface area (Å²) in [5.74, 6) is 3.16. The Kier molecular flexibility index (Phi) is 4.69. The quantitative estimate of drug-likeness (QED) is 0.846. The first-order valence-electron chi connectivity index (χ1n) is 7.73. The van der Waals surface area contributed by atoms with Crippen LogP contribution in [-0.4, -0.2) is 42.7 Å². The standard InChI is InChI=1S/C16H22N4OS/c1-13(2)16-18-17-15-12-19(8-9-20(15)16)10-11-22(21)14-6-4-3-5-7-14/h3-7,13H,8-12H2,1-2H3/t22-/m1/s1. The molecule has 22 heavy (non-hydrogen) atoms. The van der Waals surface area contributed by atoms with Crippen molar-refractivity contribution in [3.05, 3.63) is 42.0 Å². The van der Waals surface area contributed by atoms with Crippen LogP contribution in [0.4, 0.5) is 0 Å². The number of benzene rings is 1. The van der Waals surface area contributed by atoms with Gasteiger partial charge in [-0.25, -0.2) is 0 Å². The molecule has 1 aromatic carbocycles. The maximum atomic E-state index is 12.3. The fourth-order valence-corrected chi connectivity index (χ4v) is 3.87. The molecule has 0 unspecified atom stereocenters. The van der Waals surface area contributed by atoms with Crippen LogP contribution in [0.1, 0.15) is 31.4 Å². The Morgan fingerprint density at radius 3 is 2.68 bits per heavy atom. The van der Waals surface area contributed by atoms with E-state index in [0.717, 1.165) is 42.7 Å². The third kappa shape index (κ3) is 3.28. The molecule has 118 valence electrons. The van der Waals surface area contributed by atoms with Gasteiger partial charge in [0.1, 0.15) is 11.6 Å². The summed E-state index contributed by atoms with van der Waals surface area (Å²) >= 11 is 0. The van der Waals surface area contributed by atoms with Gasteiger partial charge in [-0.1, -0.05) is 32.0 Å². The zero-order valence-corrected chi connectivity index (χ0v) is 13.9. The van der Waals surface area contributed by atoms with Crippen LogP contribution < -0.4 is 0 Å². The van der Waals surface area contributed by atoms with Crippen molar-refractivity contribution in [2.24, 2.45) is 0 Å². The SMILES string of the molecule is CC(C)c1nnc2n1CCN(CC[S@@](=O)c1ccccc1)C2. The molecular formula is C16H22N4OS. The normalized spacial score (nSPS) is 16.7. The smallest absolute Gasteiger partial charge is 0.147 e. The van der Waals surface area contributed by atoms with Gasteiger partial charge in [0.05, 0.1) is 17.3 Å². The van der Waals surface area contributed by atoms with Gasteiger partial charge in [0.15, 0.2) is 0 Å². The zero-order chi connectivity index (χ0) is 15.5. The number of hydrogen-bond donors (Lipinski definition) is 0. The Balaban J connectivity index is 1.58. The van der Waals surface area contributed by atoms with E-state index in [1.165, 1.54) is 0 Å². The second-order valence-corrected chi connectivity index (χ2v) is 7.49. The lowest BCUT2D eigenvalue weighted by Gasteiger charge is -2.27. The molecule has 1 aliphatic rings. The van der Waals surface area contributed by atoms with Crippen molar-refractivity contribution in [2.45, 2.75) is 37.8 Å². The average Bonchev–Trinajstić information content (AvgIpc) is 2.96. The highest BCUT2D eigenvalue weighted by Gasteiger charge is 2.22.